The fourth-order valence-corrected chi connectivity index (χ4v) is 5.96. The number of nitrogens with one attached hydrogen (secondary N) is 2. The molecule has 1 fully saturated rings. The van der Waals surface area contributed by atoms with Gasteiger partial charge in [0.2, 0.25) is 5.91 Å². The summed E-state index contributed by atoms with van der Waals surface area (Å²) in [6.45, 7) is 6.65. The number of carbonyl (C=O) groups excluding carboxylic acids is 2. The molecule has 10 nitrogen and oxygen atoms in total. The number of anilines is 3. The van der Waals surface area contributed by atoms with Crippen molar-refractivity contribution < 1.29 is 9.59 Å². The molecule has 2 heterocycles. The minimum Gasteiger partial charge on any atom is -0.343 e. The van der Waals surface area contributed by atoms with Crippen molar-refractivity contribution in [3.63, 3.8) is 0 Å². The van der Waals surface area contributed by atoms with E-state index in [0.717, 1.165) is 43.5 Å². The summed E-state index contributed by atoms with van der Waals surface area (Å²) in [5, 5.41) is 6.24. The van der Waals surface area contributed by atoms with Crippen molar-refractivity contribution in [1.29, 1.82) is 0 Å². The van der Waals surface area contributed by atoms with Gasteiger partial charge in [-0.15, -0.1) is 0 Å². The highest BCUT2D eigenvalue weighted by Gasteiger charge is 2.33. The largest absolute Gasteiger partial charge is 0.343 e. The monoisotopic (exact) mass is 621 g/mol. The third kappa shape index (κ3) is 6.88. The Hall–Kier alpha value is -4.80. The predicted octanol–water partition coefficient (Wildman–Crippen LogP) is 5.08. The van der Waals surface area contributed by atoms with Crippen LogP contribution in [-0.4, -0.2) is 57.8 Å². The first-order chi connectivity index (χ1) is 22.2. The van der Waals surface area contributed by atoms with Crippen LogP contribution in [0.15, 0.2) is 77.7 Å². The molecule has 1 aliphatic heterocycles. The molecule has 1 aliphatic rings. The number of likely N-dealkylation sites (N-methyl/N-ethyl adjacent to an activating group) is 2. The molecule has 46 heavy (non-hydrogen) atoms. The van der Waals surface area contributed by atoms with Crippen LogP contribution in [0.1, 0.15) is 59.8 Å². The Balaban J connectivity index is 1.42. The van der Waals surface area contributed by atoms with Crippen LogP contribution in [0.2, 0.25) is 0 Å². The van der Waals surface area contributed by atoms with Crippen molar-refractivity contribution in [2.24, 2.45) is 12.8 Å². The van der Waals surface area contributed by atoms with Crippen LogP contribution in [-0.2, 0) is 24.8 Å². The first kappa shape index (κ1) is 32.6. The smallest absolute Gasteiger partial charge is 0.293 e. The molecule has 3 aromatic carbocycles. The van der Waals surface area contributed by atoms with Gasteiger partial charge in [0.05, 0.1) is 5.69 Å². The van der Waals surface area contributed by atoms with Crippen molar-refractivity contribution in [3.05, 3.63) is 106 Å². The van der Waals surface area contributed by atoms with Crippen LogP contribution in [0.25, 0.3) is 11.3 Å². The van der Waals surface area contributed by atoms with Gasteiger partial charge in [0, 0.05) is 62.4 Å². The summed E-state index contributed by atoms with van der Waals surface area (Å²) in [6, 6.07) is 20.4. The molecule has 1 atom stereocenters. The second-order valence-electron chi connectivity index (χ2n) is 11.7. The first-order valence-electron chi connectivity index (χ1n) is 15.9. The molecule has 240 valence electrons. The summed E-state index contributed by atoms with van der Waals surface area (Å²) in [7, 11) is 3.51. The number of amides is 2. The third-order valence-corrected chi connectivity index (χ3v) is 8.63. The van der Waals surface area contributed by atoms with Gasteiger partial charge < -0.3 is 25.8 Å². The number of rotatable bonds is 11. The van der Waals surface area contributed by atoms with E-state index in [1.54, 1.807) is 18.1 Å². The minimum atomic E-state index is -0.334. The molecule has 0 bridgehead atoms. The van der Waals surface area contributed by atoms with E-state index in [2.05, 4.69) is 29.4 Å². The lowest BCUT2D eigenvalue weighted by molar-refractivity contribution is -0.140. The Bertz CT molecular complexity index is 1770. The molecule has 4 aromatic rings. The van der Waals surface area contributed by atoms with Crippen LogP contribution in [0.5, 0.6) is 0 Å². The van der Waals surface area contributed by atoms with Gasteiger partial charge in [0.15, 0.2) is 5.82 Å². The molecule has 10 heteroatoms. The topological polar surface area (TPSA) is 126 Å². The Morgan fingerprint density at radius 2 is 1.74 bits per heavy atom. The number of aromatic nitrogens is 2. The van der Waals surface area contributed by atoms with E-state index in [4.69, 9.17) is 10.7 Å². The highest BCUT2D eigenvalue weighted by Crippen LogP contribution is 2.30. The number of nitrogens with two attached hydrogens (primary N) is 1. The quantitative estimate of drug-likeness (QED) is 0.213. The predicted molar refractivity (Wildman–Crippen MR) is 183 cm³/mol. The second kappa shape index (κ2) is 14.5. The third-order valence-electron chi connectivity index (χ3n) is 8.63. The lowest BCUT2D eigenvalue weighted by Crippen LogP contribution is -2.50. The molecule has 0 aliphatic carbocycles. The maximum Gasteiger partial charge on any atom is 0.293 e. The number of benzene rings is 3. The van der Waals surface area contributed by atoms with E-state index in [-0.39, 0.29) is 35.8 Å². The van der Waals surface area contributed by atoms with Gasteiger partial charge in [-0.2, -0.15) is 0 Å². The Labute approximate surface area is 270 Å². The first-order valence-corrected chi connectivity index (χ1v) is 15.9. The summed E-state index contributed by atoms with van der Waals surface area (Å²) in [5.41, 5.74) is 11.7. The minimum absolute atomic E-state index is 0.0758. The van der Waals surface area contributed by atoms with Crippen molar-refractivity contribution in [2.75, 3.05) is 37.3 Å². The Morgan fingerprint density at radius 1 is 0.978 bits per heavy atom. The molecular formula is C36H43N7O3. The zero-order valence-electron chi connectivity index (χ0n) is 27.0. The molecule has 1 saturated heterocycles. The normalized spacial score (nSPS) is 15.2. The highest BCUT2D eigenvalue weighted by atomic mass is 16.2. The summed E-state index contributed by atoms with van der Waals surface area (Å²) in [4.78, 5) is 48.2. The molecule has 0 spiro atoms. The molecule has 1 unspecified atom stereocenters. The van der Waals surface area contributed by atoms with E-state index in [9.17, 15) is 14.4 Å². The number of nitrogens with zero attached hydrogens (tertiary/aromatic N) is 4. The maximum absolute atomic E-state index is 13.4. The Kier molecular flexibility index (Phi) is 10.3. The van der Waals surface area contributed by atoms with Gasteiger partial charge in [0.1, 0.15) is 6.04 Å². The van der Waals surface area contributed by atoms with Crippen LogP contribution >= 0.6 is 0 Å². The summed E-state index contributed by atoms with van der Waals surface area (Å²) >= 11 is 0. The van der Waals surface area contributed by atoms with Crippen LogP contribution in [0.3, 0.4) is 0 Å². The van der Waals surface area contributed by atoms with E-state index < -0.39 is 0 Å². The molecule has 0 radical (unpaired) electrons. The SMILES string of the molecule is CCCCc1ccccc1C(=O)Nc1cccc(-c2cn(C)c(=O)c(Nc3ccc(C4C(=O)N(C)CCN4CC)cc3)n2)c1CN. The van der Waals surface area contributed by atoms with Crippen LogP contribution in [0.4, 0.5) is 17.2 Å². The molecule has 1 aromatic heterocycles. The molecular weight excluding hydrogens is 578 g/mol. The van der Waals surface area contributed by atoms with Gasteiger partial charge in [-0.3, -0.25) is 19.3 Å². The van der Waals surface area contributed by atoms with Crippen molar-refractivity contribution in [3.8, 4) is 11.3 Å². The van der Waals surface area contributed by atoms with Gasteiger partial charge in [-0.05, 0) is 60.3 Å². The van der Waals surface area contributed by atoms with Crippen molar-refractivity contribution in [2.45, 2.75) is 45.7 Å². The summed E-state index contributed by atoms with van der Waals surface area (Å²) < 4.78 is 1.48. The van der Waals surface area contributed by atoms with Crippen LogP contribution < -0.4 is 21.9 Å². The molecule has 5 rings (SSSR count). The number of unbranched alkanes of at least 4 members (excludes halogenated alkanes) is 1. The average Bonchev–Trinajstić information content (AvgIpc) is 3.07. The maximum atomic E-state index is 13.4. The molecule has 2 amide bonds. The lowest BCUT2D eigenvalue weighted by Gasteiger charge is -2.38. The number of carbonyl (C=O) groups is 2. The van der Waals surface area contributed by atoms with Crippen LogP contribution in [0, 0.1) is 0 Å². The molecule has 0 saturated carbocycles. The van der Waals surface area contributed by atoms with E-state index in [1.807, 2.05) is 73.8 Å². The summed E-state index contributed by atoms with van der Waals surface area (Å²) in [5.74, 6) is 0.0342. The van der Waals surface area contributed by atoms with E-state index >= 15 is 0 Å². The fraction of sp³-hybridized carbons (Fsp3) is 0.333. The van der Waals surface area contributed by atoms with Gasteiger partial charge >= 0.3 is 0 Å². The average molecular weight is 622 g/mol. The number of aryl methyl sites for hydroxylation is 2. The van der Waals surface area contributed by atoms with E-state index in [1.165, 1.54) is 4.57 Å². The standard InChI is InChI=1S/C36H43N7O3/c1-5-7-11-24-12-8-9-13-27(24)34(44)40-30-15-10-14-28(29(30)22-37)31-23-42(4)36(46)33(39-31)38-26-18-16-25(17-19-26)32-35(45)41(3)20-21-43(32)6-2/h8-10,12-19,23,32H,5-7,11,20-22,37H2,1-4H3,(H,38,39)(H,40,44). The second-order valence-corrected chi connectivity index (χ2v) is 11.7. The van der Waals surface area contributed by atoms with Gasteiger partial charge in [0.25, 0.3) is 11.5 Å². The molecule has 4 N–H and O–H groups in total. The lowest BCUT2D eigenvalue weighted by atomic mass is 10.00. The van der Waals surface area contributed by atoms with E-state index in [0.29, 0.717) is 40.3 Å². The number of hydrogen-bond acceptors (Lipinski definition) is 7. The van der Waals surface area contributed by atoms with Gasteiger partial charge in [-0.25, -0.2) is 4.98 Å². The number of hydrogen-bond donors (Lipinski definition) is 3. The number of piperazine rings is 1. The summed E-state index contributed by atoms with van der Waals surface area (Å²) in [6.07, 6.45) is 4.54. The fourth-order valence-electron chi connectivity index (χ4n) is 5.96. The Morgan fingerprint density at radius 3 is 2.46 bits per heavy atom. The zero-order valence-corrected chi connectivity index (χ0v) is 27.0. The van der Waals surface area contributed by atoms with Crippen molar-refractivity contribution >= 4 is 29.0 Å². The van der Waals surface area contributed by atoms with Crippen molar-refractivity contribution in [1.82, 2.24) is 19.4 Å². The highest BCUT2D eigenvalue weighted by molar-refractivity contribution is 6.06. The zero-order chi connectivity index (χ0) is 32.8. The van der Waals surface area contributed by atoms with Gasteiger partial charge in [-0.1, -0.05) is 62.7 Å².